The Morgan fingerprint density at radius 1 is 1.35 bits per heavy atom. The molecule has 0 unspecified atom stereocenters. The van der Waals surface area contributed by atoms with E-state index in [2.05, 4.69) is 10.2 Å². The molecule has 1 amide bonds. The number of nitrogens with zero attached hydrogens (tertiary/aromatic N) is 2. The van der Waals surface area contributed by atoms with Crippen LogP contribution < -0.4 is 0 Å². The Morgan fingerprint density at radius 2 is 2.22 bits per heavy atom. The van der Waals surface area contributed by atoms with Crippen molar-refractivity contribution in [2.45, 2.75) is 25.7 Å². The van der Waals surface area contributed by atoms with Crippen molar-refractivity contribution in [1.82, 2.24) is 15.1 Å². The molecule has 3 aromatic rings. The maximum Gasteiger partial charge on any atom is 0.289 e. The van der Waals surface area contributed by atoms with E-state index >= 15 is 0 Å². The highest BCUT2D eigenvalue weighted by atomic mass is 16.3. The molecule has 5 nitrogen and oxygen atoms in total. The highest BCUT2D eigenvalue weighted by Crippen LogP contribution is 2.29. The molecular formula is C18H19N3O2. The molecule has 0 spiro atoms. The van der Waals surface area contributed by atoms with Gasteiger partial charge in [0.15, 0.2) is 5.76 Å². The number of aromatic nitrogens is 2. The summed E-state index contributed by atoms with van der Waals surface area (Å²) in [5.74, 6) is 0.777. The molecule has 118 valence electrons. The summed E-state index contributed by atoms with van der Waals surface area (Å²) >= 11 is 0. The van der Waals surface area contributed by atoms with E-state index in [-0.39, 0.29) is 5.91 Å². The van der Waals surface area contributed by atoms with Gasteiger partial charge in [-0.1, -0.05) is 18.2 Å². The topological polar surface area (TPSA) is 62.1 Å². The van der Waals surface area contributed by atoms with Crippen LogP contribution >= 0.6 is 0 Å². The zero-order chi connectivity index (χ0) is 15.8. The number of aromatic amines is 1. The van der Waals surface area contributed by atoms with E-state index in [4.69, 9.17) is 4.42 Å². The summed E-state index contributed by atoms with van der Waals surface area (Å²) in [6, 6.07) is 9.78. The summed E-state index contributed by atoms with van der Waals surface area (Å²) in [6.45, 7) is 3.44. The zero-order valence-corrected chi connectivity index (χ0v) is 13.1. The molecule has 23 heavy (non-hydrogen) atoms. The lowest BCUT2D eigenvalue weighted by atomic mass is 9.94. The maximum atomic E-state index is 12.9. The van der Waals surface area contributed by atoms with Gasteiger partial charge < -0.3 is 9.32 Å². The Hall–Kier alpha value is -2.56. The molecule has 4 rings (SSSR count). The lowest BCUT2D eigenvalue weighted by molar-refractivity contribution is 0.0675. The quantitative estimate of drug-likeness (QED) is 0.788. The maximum absolute atomic E-state index is 12.9. The number of carbonyl (C=O) groups excluding carboxylic acids is 1. The number of rotatable bonds is 2. The van der Waals surface area contributed by atoms with Gasteiger partial charge in [0.1, 0.15) is 5.58 Å². The van der Waals surface area contributed by atoms with Crippen molar-refractivity contribution >= 4 is 16.9 Å². The van der Waals surface area contributed by atoms with E-state index < -0.39 is 0 Å². The summed E-state index contributed by atoms with van der Waals surface area (Å²) in [4.78, 5) is 14.8. The van der Waals surface area contributed by atoms with Gasteiger partial charge in [-0.25, -0.2) is 0 Å². The van der Waals surface area contributed by atoms with Crippen LogP contribution in [-0.4, -0.2) is 34.1 Å². The van der Waals surface area contributed by atoms with Gasteiger partial charge in [-0.2, -0.15) is 5.10 Å². The van der Waals surface area contributed by atoms with Crippen LogP contribution in [-0.2, 0) is 0 Å². The average Bonchev–Trinajstić information content (AvgIpc) is 3.23. The number of likely N-dealkylation sites (tertiary alicyclic amines) is 1. The van der Waals surface area contributed by atoms with Crippen LogP contribution in [0.25, 0.3) is 11.0 Å². The van der Waals surface area contributed by atoms with Gasteiger partial charge in [0.25, 0.3) is 5.91 Å². The standard InChI is InChI=1S/C18H19N3O2/c1-12-14-6-2-3-7-16(14)23-17(12)18(22)21-10-4-5-13(11-21)15-8-9-19-20-15/h2-3,6-9,13H,4-5,10-11H2,1H3,(H,19,20)/t13-/m0/s1. The van der Waals surface area contributed by atoms with Crippen LogP contribution in [0.2, 0.25) is 0 Å². The van der Waals surface area contributed by atoms with Crippen molar-refractivity contribution in [3.05, 3.63) is 53.5 Å². The fourth-order valence-electron chi connectivity index (χ4n) is 3.43. The van der Waals surface area contributed by atoms with Crippen molar-refractivity contribution in [3.63, 3.8) is 0 Å². The number of nitrogens with one attached hydrogen (secondary N) is 1. The predicted octanol–water partition coefficient (Wildman–Crippen LogP) is 3.48. The largest absolute Gasteiger partial charge is 0.451 e. The first kappa shape index (κ1) is 14.1. The van der Waals surface area contributed by atoms with Crippen LogP contribution in [0.4, 0.5) is 0 Å². The number of benzene rings is 1. The lowest BCUT2D eigenvalue weighted by Gasteiger charge is -2.31. The molecule has 0 bridgehead atoms. The Morgan fingerprint density at radius 3 is 3.00 bits per heavy atom. The molecule has 0 saturated carbocycles. The van der Waals surface area contributed by atoms with Crippen LogP contribution in [0, 0.1) is 6.92 Å². The summed E-state index contributed by atoms with van der Waals surface area (Å²) in [6.07, 6.45) is 3.83. The first-order chi connectivity index (χ1) is 11.2. The molecule has 0 aliphatic carbocycles. The number of fused-ring (bicyclic) bond motifs is 1. The Bertz CT molecular complexity index is 835. The first-order valence-electron chi connectivity index (χ1n) is 8.00. The summed E-state index contributed by atoms with van der Waals surface area (Å²) < 4.78 is 5.83. The number of hydrogen-bond donors (Lipinski definition) is 1. The average molecular weight is 309 g/mol. The van der Waals surface area contributed by atoms with Crippen molar-refractivity contribution in [2.75, 3.05) is 13.1 Å². The molecule has 1 saturated heterocycles. The number of para-hydroxylation sites is 1. The molecule has 1 N–H and O–H groups in total. The van der Waals surface area contributed by atoms with Gasteiger partial charge in [0, 0.05) is 41.8 Å². The summed E-state index contributed by atoms with van der Waals surface area (Å²) in [5, 5.41) is 8.06. The summed E-state index contributed by atoms with van der Waals surface area (Å²) in [5.41, 5.74) is 2.80. The smallest absolute Gasteiger partial charge is 0.289 e. The number of hydrogen-bond acceptors (Lipinski definition) is 3. The highest BCUT2D eigenvalue weighted by molar-refractivity contribution is 5.99. The second-order valence-corrected chi connectivity index (χ2v) is 6.15. The van der Waals surface area contributed by atoms with Crippen molar-refractivity contribution < 1.29 is 9.21 Å². The lowest BCUT2D eigenvalue weighted by Crippen LogP contribution is -2.39. The first-order valence-corrected chi connectivity index (χ1v) is 8.00. The van der Waals surface area contributed by atoms with Crippen LogP contribution in [0.1, 0.15) is 40.6 Å². The molecule has 1 atom stereocenters. The third-order valence-corrected chi connectivity index (χ3v) is 4.71. The number of aryl methyl sites for hydroxylation is 1. The van der Waals surface area contributed by atoms with Gasteiger partial charge >= 0.3 is 0 Å². The predicted molar refractivity (Wildman–Crippen MR) is 87.4 cm³/mol. The second-order valence-electron chi connectivity index (χ2n) is 6.15. The van der Waals surface area contributed by atoms with E-state index in [1.165, 1.54) is 0 Å². The van der Waals surface area contributed by atoms with Crippen molar-refractivity contribution in [1.29, 1.82) is 0 Å². The number of amides is 1. The van der Waals surface area contributed by atoms with Crippen LogP contribution in [0.3, 0.4) is 0 Å². The van der Waals surface area contributed by atoms with Gasteiger partial charge in [-0.15, -0.1) is 0 Å². The molecular weight excluding hydrogens is 290 g/mol. The Kier molecular flexibility index (Phi) is 3.41. The summed E-state index contributed by atoms with van der Waals surface area (Å²) in [7, 11) is 0. The SMILES string of the molecule is Cc1c(C(=O)N2CCC[C@H](c3ccn[nH]3)C2)oc2ccccc12. The second kappa shape index (κ2) is 5.57. The Labute approximate surface area is 134 Å². The fourth-order valence-corrected chi connectivity index (χ4v) is 3.43. The van der Waals surface area contributed by atoms with Gasteiger partial charge in [0.05, 0.1) is 0 Å². The van der Waals surface area contributed by atoms with E-state index in [1.807, 2.05) is 42.2 Å². The molecule has 2 aromatic heterocycles. The van der Waals surface area contributed by atoms with E-state index in [9.17, 15) is 4.79 Å². The minimum atomic E-state index is -0.0112. The number of furan rings is 1. The third-order valence-electron chi connectivity index (χ3n) is 4.71. The molecule has 1 fully saturated rings. The molecule has 1 aliphatic rings. The van der Waals surface area contributed by atoms with Crippen molar-refractivity contribution in [2.24, 2.45) is 0 Å². The third kappa shape index (κ3) is 2.42. The normalized spacial score (nSPS) is 18.5. The van der Waals surface area contributed by atoms with Crippen LogP contribution in [0.5, 0.6) is 0 Å². The Balaban J connectivity index is 1.61. The minimum absolute atomic E-state index is 0.0112. The minimum Gasteiger partial charge on any atom is -0.451 e. The molecule has 5 heteroatoms. The van der Waals surface area contributed by atoms with E-state index in [0.717, 1.165) is 41.6 Å². The monoisotopic (exact) mass is 309 g/mol. The van der Waals surface area contributed by atoms with E-state index in [1.54, 1.807) is 6.20 Å². The van der Waals surface area contributed by atoms with Gasteiger partial charge in [-0.3, -0.25) is 9.89 Å². The van der Waals surface area contributed by atoms with Crippen molar-refractivity contribution in [3.8, 4) is 0 Å². The number of carbonyl (C=O) groups is 1. The molecule has 0 radical (unpaired) electrons. The van der Waals surface area contributed by atoms with E-state index in [0.29, 0.717) is 18.2 Å². The van der Waals surface area contributed by atoms with Gasteiger partial charge in [-0.05, 0) is 31.9 Å². The molecule has 3 heterocycles. The van der Waals surface area contributed by atoms with Crippen LogP contribution in [0.15, 0.2) is 40.9 Å². The number of piperidine rings is 1. The molecule has 1 aromatic carbocycles. The highest BCUT2D eigenvalue weighted by Gasteiger charge is 2.29. The van der Waals surface area contributed by atoms with Gasteiger partial charge in [0.2, 0.25) is 0 Å². The zero-order valence-electron chi connectivity index (χ0n) is 13.1. The molecule has 1 aliphatic heterocycles. The number of H-pyrrole nitrogens is 1. The fraction of sp³-hybridized carbons (Fsp3) is 0.333.